The van der Waals surface area contributed by atoms with Crippen LogP contribution in [0, 0.1) is 11.3 Å². The van der Waals surface area contributed by atoms with Crippen molar-refractivity contribution in [1.82, 2.24) is 4.90 Å². The van der Waals surface area contributed by atoms with Crippen molar-refractivity contribution < 1.29 is 14.3 Å². The lowest BCUT2D eigenvalue weighted by atomic mass is 10.0. The molecular formula is C10H14N4O3. The van der Waals surface area contributed by atoms with Gasteiger partial charge in [-0.15, -0.1) is 0 Å². The molecule has 0 bridgehead atoms. The van der Waals surface area contributed by atoms with Crippen LogP contribution in [0.15, 0.2) is 5.11 Å². The molecule has 1 saturated heterocycles. The van der Waals surface area contributed by atoms with Crippen molar-refractivity contribution in [3.8, 4) is 0 Å². The Morgan fingerprint density at radius 3 is 3.06 bits per heavy atom. The van der Waals surface area contributed by atoms with Gasteiger partial charge in [-0.05, 0) is 30.4 Å². The lowest BCUT2D eigenvalue weighted by molar-refractivity contribution is -0.119. The molecule has 0 N–H and O–H groups in total. The maximum Gasteiger partial charge on any atom is 0.409 e. The van der Waals surface area contributed by atoms with Crippen molar-refractivity contribution in [2.45, 2.75) is 19.8 Å². The summed E-state index contributed by atoms with van der Waals surface area (Å²) in [5.74, 6) is -0.615. The highest BCUT2D eigenvalue weighted by Crippen LogP contribution is 2.59. The third kappa shape index (κ3) is 2.06. The molecule has 7 nitrogen and oxygen atoms in total. The predicted molar refractivity (Wildman–Crippen MR) is 57.9 cm³/mol. The zero-order chi connectivity index (χ0) is 12.5. The van der Waals surface area contributed by atoms with Gasteiger partial charge >= 0.3 is 6.09 Å². The first-order valence-corrected chi connectivity index (χ1v) is 5.63. The maximum atomic E-state index is 11.5. The van der Waals surface area contributed by atoms with Crippen LogP contribution in [-0.2, 0) is 9.53 Å². The Kier molecular flexibility index (Phi) is 2.93. The van der Waals surface area contributed by atoms with Gasteiger partial charge in [-0.1, -0.05) is 0 Å². The highest BCUT2D eigenvalue weighted by Gasteiger charge is 2.61. The average molecular weight is 238 g/mol. The first-order valence-electron chi connectivity index (χ1n) is 5.63. The van der Waals surface area contributed by atoms with E-state index < -0.39 is 5.91 Å². The van der Waals surface area contributed by atoms with Gasteiger partial charge in [-0.2, -0.15) is 0 Å². The number of nitrogens with zero attached hydrogens (tertiary/aromatic N) is 4. The van der Waals surface area contributed by atoms with E-state index in [9.17, 15) is 9.59 Å². The first kappa shape index (κ1) is 11.7. The second-order valence-corrected chi connectivity index (χ2v) is 4.52. The van der Waals surface area contributed by atoms with Crippen molar-refractivity contribution >= 4 is 12.0 Å². The van der Waals surface area contributed by atoms with Gasteiger partial charge in [-0.25, -0.2) is 4.79 Å². The number of azide groups is 1. The SMILES string of the molecule is CCOC(=O)N1CCC2(CC2C(=O)N=[N+]=[N-])C1. The minimum atomic E-state index is -0.404. The van der Waals surface area contributed by atoms with Crippen molar-refractivity contribution in [3.05, 3.63) is 10.4 Å². The molecule has 2 atom stereocenters. The van der Waals surface area contributed by atoms with E-state index >= 15 is 0 Å². The zero-order valence-corrected chi connectivity index (χ0v) is 9.63. The van der Waals surface area contributed by atoms with E-state index in [-0.39, 0.29) is 17.4 Å². The number of amides is 2. The van der Waals surface area contributed by atoms with Crippen LogP contribution in [0.25, 0.3) is 10.4 Å². The lowest BCUT2D eigenvalue weighted by Crippen LogP contribution is -2.30. The quantitative estimate of drug-likeness (QED) is 0.416. The van der Waals surface area contributed by atoms with Crippen molar-refractivity contribution in [3.63, 3.8) is 0 Å². The molecule has 2 fully saturated rings. The molecule has 0 aromatic carbocycles. The van der Waals surface area contributed by atoms with Gasteiger partial charge in [0.25, 0.3) is 0 Å². The molecule has 0 aromatic rings. The first-order chi connectivity index (χ1) is 8.13. The van der Waals surface area contributed by atoms with Gasteiger partial charge in [0.1, 0.15) is 0 Å². The van der Waals surface area contributed by atoms with Gasteiger partial charge in [0.05, 0.1) is 6.61 Å². The zero-order valence-electron chi connectivity index (χ0n) is 9.63. The molecule has 1 saturated carbocycles. The molecule has 2 amide bonds. The van der Waals surface area contributed by atoms with Crippen LogP contribution in [0.1, 0.15) is 19.8 Å². The lowest BCUT2D eigenvalue weighted by Gasteiger charge is -2.15. The number of hydrogen-bond donors (Lipinski definition) is 0. The molecule has 2 aliphatic rings. The van der Waals surface area contributed by atoms with E-state index in [1.165, 1.54) is 0 Å². The largest absolute Gasteiger partial charge is 0.450 e. The molecule has 1 aliphatic heterocycles. The van der Waals surface area contributed by atoms with Crippen LogP contribution in [0.2, 0.25) is 0 Å². The highest BCUT2D eigenvalue weighted by atomic mass is 16.6. The minimum Gasteiger partial charge on any atom is -0.450 e. The molecule has 0 aromatic heterocycles. The van der Waals surface area contributed by atoms with Crippen LogP contribution in [0.4, 0.5) is 4.79 Å². The number of carbonyl (C=O) groups excluding carboxylic acids is 2. The standard InChI is InChI=1S/C10H14N4O3/c1-2-17-9(16)14-4-3-10(6-14)5-7(10)8(15)12-13-11/h7H,2-6H2,1H3. The molecular weight excluding hydrogens is 224 g/mol. The number of carbonyl (C=O) groups is 2. The van der Waals surface area contributed by atoms with Crippen LogP contribution < -0.4 is 0 Å². The van der Waals surface area contributed by atoms with Crippen molar-refractivity contribution in [2.75, 3.05) is 19.7 Å². The summed E-state index contributed by atoms with van der Waals surface area (Å²) in [4.78, 5) is 27.0. The third-order valence-corrected chi connectivity index (χ3v) is 3.54. The maximum absolute atomic E-state index is 11.5. The number of hydrogen-bond acceptors (Lipinski definition) is 3. The fraction of sp³-hybridized carbons (Fsp3) is 0.800. The summed E-state index contributed by atoms with van der Waals surface area (Å²) in [5.41, 5.74) is 8.05. The van der Waals surface area contributed by atoms with Gasteiger partial charge in [0.15, 0.2) is 0 Å². The summed E-state index contributed by atoms with van der Waals surface area (Å²) in [7, 11) is 0. The van der Waals surface area contributed by atoms with Crippen LogP contribution >= 0.6 is 0 Å². The summed E-state index contributed by atoms with van der Waals surface area (Å²) in [6.07, 6.45) is 1.16. The molecule has 92 valence electrons. The fourth-order valence-electron chi connectivity index (χ4n) is 2.53. The topological polar surface area (TPSA) is 95.4 Å². The third-order valence-electron chi connectivity index (χ3n) is 3.54. The molecule has 0 radical (unpaired) electrons. The van der Waals surface area contributed by atoms with Gasteiger partial charge in [-0.3, -0.25) is 4.79 Å². The van der Waals surface area contributed by atoms with Crippen LogP contribution in [-0.4, -0.2) is 36.6 Å². The molecule has 1 heterocycles. The Morgan fingerprint density at radius 1 is 1.65 bits per heavy atom. The Bertz CT molecular complexity index is 404. The smallest absolute Gasteiger partial charge is 0.409 e. The van der Waals surface area contributed by atoms with E-state index in [1.807, 2.05) is 0 Å². The number of rotatable bonds is 2. The number of ether oxygens (including phenoxy) is 1. The van der Waals surface area contributed by atoms with Crippen LogP contribution in [0.5, 0.6) is 0 Å². The highest BCUT2D eigenvalue weighted by molar-refractivity contribution is 5.83. The predicted octanol–water partition coefficient (Wildman–Crippen LogP) is 1.69. The summed E-state index contributed by atoms with van der Waals surface area (Å²) in [5, 5.41) is 3.12. The summed E-state index contributed by atoms with van der Waals surface area (Å²) >= 11 is 0. The summed E-state index contributed by atoms with van der Waals surface area (Å²) in [6, 6.07) is 0. The molecule has 7 heteroatoms. The molecule has 2 unspecified atom stereocenters. The van der Waals surface area contributed by atoms with Gasteiger partial charge in [0, 0.05) is 29.3 Å². The van der Waals surface area contributed by atoms with E-state index in [0.717, 1.165) is 6.42 Å². The summed E-state index contributed by atoms with van der Waals surface area (Å²) in [6.45, 7) is 3.25. The normalized spacial score (nSPS) is 29.9. The second kappa shape index (κ2) is 4.25. The minimum absolute atomic E-state index is 0.155. The van der Waals surface area contributed by atoms with Crippen molar-refractivity contribution in [2.24, 2.45) is 16.4 Å². The van der Waals surface area contributed by atoms with Gasteiger partial charge in [0.2, 0.25) is 5.91 Å². The summed E-state index contributed by atoms with van der Waals surface area (Å²) < 4.78 is 4.91. The van der Waals surface area contributed by atoms with E-state index in [1.54, 1.807) is 11.8 Å². The monoisotopic (exact) mass is 238 g/mol. The van der Waals surface area contributed by atoms with E-state index in [4.69, 9.17) is 10.3 Å². The van der Waals surface area contributed by atoms with Crippen molar-refractivity contribution in [1.29, 1.82) is 0 Å². The molecule has 17 heavy (non-hydrogen) atoms. The fourth-order valence-corrected chi connectivity index (χ4v) is 2.53. The Morgan fingerprint density at radius 2 is 2.41 bits per heavy atom. The Balaban J connectivity index is 1.93. The molecule has 1 spiro atoms. The molecule has 2 rings (SSSR count). The Labute approximate surface area is 98.3 Å². The number of likely N-dealkylation sites (tertiary alicyclic amines) is 1. The van der Waals surface area contributed by atoms with Crippen LogP contribution in [0.3, 0.4) is 0 Å². The molecule has 1 aliphatic carbocycles. The average Bonchev–Trinajstić information content (AvgIpc) is 2.81. The van der Waals surface area contributed by atoms with E-state index in [2.05, 4.69) is 10.0 Å². The second-order valence-electron chi connectivity index (χ2n) is 4.52. The van der Waals surface area contributed by atoms with Gasteiger partial charge < -0.3 is 9.64 Å². The Hall–Kier alpha value is -1.75. The van der Waals surface area contributed by atoms with E-state index in [0.29, 0.717) is 26.1 Å².